The SMILES string of the molecule is C=CC[C@@H]1C[C@@H]2c3ccccc3N(S(=O)(=O)c3ccccc3)[C@@H]2N1C(=O)OC. The van der Waals surface area contributed by atoms with Crippen LogP contribution < -0.4 is 4.31 Å². The zero-order chi connectivity index (χ0) is 19.9. The summed E-state index contributed by atoms with van der Waals surface area (Å²) in [7, 11) is -2.54. The summed E-state index contributed by atoms with van der Waals surface area (Å²) in [4.78, 5) is 14.4. The van der Waals surface area contributed by atoms with Crippen LogP contribution in [0.15, 0.2) is 72.1 Å². The second-order valence-corrected chi connectivity index (χ2v) is 8.80. The monoisotopic (exact) mass is 398 g/mol. The second kappa shape index (κ2) is 6.98. The van der Waals surface area contributed by atoms with Crippen LogP contribution >= 0.6 is 0 Å². The molecule has 2 aliphatic heterocycles. The summed E-state index contributed by atoms with van der Waals surface area (Å²) in [6.45, 7) is 3.79. The Balaban J connectivity index is 1.89. The maximum Gasteiger partial charge on any atom is 0.411 e. The normalized spacial score (nSPS) is 23.2. The Bertz CT molecular complexity index is 1010. The predicted molar refractivity (Wildman–Crippen MR) is 107 cm³/mol. The van der Waals surface area contributed by atoms with Gasteiger partial charge in [0.1, 0.15) is 6.17 Å². The lowest BCUT2D eigenvalue weighted by Gasteiger charge is -2.35. The molecule has 2 aromatic carbocycles. The highest BCUT2D eigenvalue weighted by molar-refractivity contribution is 7.92. The highest BCUT2D eigenvalue weighted by atomic mass is 32.2. The average molecular weight is 398 g/mol. The number of benzene rings is 2. The number of sulfonamides is 1. The molecule has 1 fully saturated rings. The standard InChI is InChI=1S/C21H22N2O4S/c1-3-9-15-14-18-17-12-7-8-13-19(17)23(20(18)22(15)21(24)27-2)28(25,26)16-10-5-4-6-11-16/h3-8,10-13,15,18,20H,1,9,14H2,2H3/t15-,18-,20+/m1/s1. The van der Waals surface area contributed by atoms with Crippen molar-refractivity contribution in [3.8, 4) is 0 Å². The van der Waals surface area contributed by atoms with Crippen molar-refractivity contribution >= 4 is 21.8 Å². The van der Waals surface area contributed by atoms with Gasteiger partial charge in [-0.2, -0.15) is 0 Å². The number of amides is 1. The minimum atomic E-state index is -3.86. The first kappa shape index (κ1) is 18.6. The van der Waals surface area contributed by atoms with Crippen LogP contribution in [-0.4, -0.2) is 38.7 Å². The highest BCUT2D eigenvalue weighted by Crippen LogP contribution is 2.52. The second-order valence-electron chi connectivity index (χ2n) is 6.98. The van der Waals surface area contributed by atoms with E-state index in [0.29, 0.717) is 18.5 Å². The molecule has 28 heavy (non-hydrogen) atoms. The van der Waals surface area contributed by atoms with E-state index in [1.165, 1.54) is 11.4 Å². The van der Waals surface area contributed by atoms with Crippen molar-refractivity contribution in [2.45, 2.75) is 35.9 Å². The number of carbonyl (C=O) groups is 1. The molecular weight excluding hydrogens is 376 g/mol. The van der Waals surface area contributed by atoms with E-state index in [9.17, 15) is 13.2 Å². The van der Waals surface area contributed by atoms with Crippen LogP contribution in [0.2, 0.25) is 0 Å². The van der Waals surface area contributed by atoms with Crippen LogP contribution in [-0.2, 0) is 14.8 Å². The predicted octanol–water partition coefficient (Wildman–Crippen LogP) is 3.72. The third-order valence-corrected chi connectivity index (χ3v) is 7.30. The van der Waals surface area contributed by atoms with Gasteiger partial charge in [-0.25, -0.2) is 17.5 Å². The summed E-state index contributed by atoms with van der Waals surface area (Å²) < 4.78 is 33.6. The molecule has 0 bridgehead atoms. The van der Waals surface area contributed by atoms with Crippen LogP contribution in [0, 0.1) is 0 Å². The van der Waals surface area contributed by atoms with Crippen LogP contribution in [0.1, 0.15) is 24.3 Å². The van der Waals surface area contributed by atoms with Gasteiger partial charge in [-0.05, 0) is 36.6 Å². The molecule has 146 valence electrons. The first-order valence-corrected chi connectivity index (χ1v) is 10.6. The Hall–Kier alpha value is -2.80. The molecule has 7 heteroatoms. The van der Waals surface area contributed by atoms with Gasteiger partial charge in [0.2, 0.25) is 0 Å². The Morgan fingerprint density at radius 3 is 2.54 bits per heavy atom. The fraction of sp³-hybridized carbons (Fsp3) is 0.286. The number of hydrogen-bond donors (Lipinski definition) is 0. The molecule has 4 rings (SSSR count). The van der Waals surface area contributed by atoms with Crippen LogP contribution in [0.4, 0.5) is 10.5 Å². The molecule has 0 aliphatic carbocycles. The molecule has 0 saturated carbocycles. The van der Waals surface area contributed by atoms with Crippen molar-refractivity contribution in [1.29, 1.82) is 0 Å². The minimum Gasteiger partial charge on any atom is -0.453 e. The zero-order valence-corrected chi connectivity index (χ0v) is 16.4. The number of ether oxygens (including phenoxy) is 1. The Kier molecular flexibility index (Phi) is 4.63. The van der Waals surface area contributed by atoms with E-state index < -0.39 is 22.3 Å². The van der Waals surface area contributed by atoms with E-state index in [2.05, 4.69) is 6.58 Å². The lowest BCUT2D eigenvalue weighted by atomic mass is 9.95. The smallest absolute Gasteiger partial charge is 0.411 e. The maximum atomic E-state index is 13.6. The van der Waals surface area contributed by atoms with E-state index >= 15 is 0 Å². The molecule has 0 N–H and O–H groups in total. The lowest BCUT2D eigenvalue weighted by molar-refractivity contribution is 0.104. The summed E-state index contributed by atoms with van der Waals surface area (Å²) in [6, 6.07) is 15.6. The molecule has 2 aromatic rings. The van der Waals surface area contributed by atoms with Crippen LogP contribution in [0.3, 0.4) is 0 Å². The summed E-state index contributed by atoms with van der Waals surface area (Å²) in [5, 5.41) is 0. The third-order valence-electron chi connectivity index (χ3n) is 5.50. The van der Waals surface area contributed by atoms with Gasteiger partial charge in [-0.1, -0.05) is 42.5 Å². The van der Waals surface area contributed by atoms with Crippen molar-refractivity contribution in [2.24, 2.45) is 0 Å². The molecular formula is C21H22N2O4S. The molecule has 6 nitrogen and oxygen atoms in total. The number of para-hydroxylation sites is 1. The fourth-order valence-electron chi connectivity index (χ4n) is 4.39. The maximum absolute atomic E-state index is 13.6. The average Bonchev–Trinajstić information content (AvgIpc) is 3.22. The van der Waals surface area contributed by atoms with E-state index in [0.717, 1.165) is 5.56 Å². The fourth-order valence-corrected chi connectivity index (χ4v) is 6.08. The molecule has 3 atom stereocenters. The van der Waals surface area contributed by atoms with Crippen molar-refractivity contribution < 1.29 is 17.9 Å². The van der Waals surface area contributed by atoms with Gasteiger partial charge >= 0.3 is 6.09 Å². The molecule has 0 radical (unpaired) electrons. The largest absolute Gasteiger partial charge is 0.453 e. The van der Waals surface area contributed by atoms with Gasteiger partial charge in [0.15, 0.2) is 0 Å². The zero-order valence-electron chi connectivity index (χ0n) is 15.6. The number of nitrogens with zero attached hydrogens (tertiary/aromatic N) is 2. The summed E-state index contributed by atoms with van der Waals surface area (Å²) in [5.74, 6) is -0.112. The van der Waals surface area contributed by atoms with Gasteiger partial charge in [-0.3, -0.25) is 4.90 Å². The number of hydrogen-bond acceptors (Lipinski definition) is 4. The molecule has 0 spiro atoms. The van der Waals surface area contributed by atoms with Crippen molar-refractivity contribution in [1.82, 2.24) is 4.90 Å². The van der Waals surface area contributed by atoms with E-state index in [1.54, 1.807) is 47.4 Å². The molecule has 2 heterocycles. The van der Waals surface area contributed by atoms with Crippen LogP contribution in [0.5, 0.6) is 0 Å². The molecule has 0 unspecified atom stereocenters. The topological polar surface area (TPSA) is 66.9 Å². The molecule has 0 aromatic heterocycles. The van der Waals surface area contributed by atoms with Gasteiger partial charge < -0.3 is 4.74 Å². The van der Waals surface area contributed by atoms with E-state index in [4.69, 9.17) is 4.74 Å². The summed E-state index contributed by atoms with van der Waals surface area (Å²) >= 11 is 0. The third kappa shape index (κ3) is 2.69. The van der Waals surface area contributed by atoms with Crippen molar-refractivity contribution in [3.05, 3.63) is 72.8 Å². The Morgan fingerprint density at radius 1 is 1.18 bits per heavy atom. The first-order valence-electron chi connectivity index (χ1n) is 9.16. The van der Waals surface area contributed by atoms with Gasteiger partial charge in [-0.15, -0.1) is 6.58 Å². The first-order chi connectivity index (χ1) is 13.5. The molecule has 1 saturated heterocycles. The minimum absolute atomic E-state index is 0.112. The number of anilines is 1. The van der Waals surface area contributed by atoms with Crippen LogP contribution in [0.25, 0.3) is 0 Å². The molecule has 2 aliphatic rings. The summed E-state index contributed by atoms with van der Waals surface area (Å²) in [6.07, 6.45) is 1.80. The van der Waals surface area contributed by atoms with E-state index in [-0.39, 0.29) is 16.9 Å². The van der Waals surface area contributed by atoms with E-state index in [1.807, 2.05) is 18.2 Å². The lowest BCUT2D eigenvalue weighted by Crippen LogP contribution is -2.51. The number of likely N-dealkylation sites (tertiary alicyclic amines) is 1. The summed E-state index contributed by atoms with van der Waals surface area (Å²) in [5.41, 5.74) is 1.56. The Labute approximate surface area is 165 Å². The molecule has 1 amide bonds. The van der Waals surface area contributed by atoms with Gasteiger partial charge in [0.25, 0.3) is 10.0 Å². The number of fused-ring (bicyclic) bond motifs is 3. The van der Waals surface area contributed by atoms with Gasteiger partial charge in [0, 0.05) is 12.0 Å². The number of rotatable bonds is 4. The van der Waals surface area contributed by atoms with Gasteiger partial charge in [0.05, 0.1) is 17.7 Å². The highest BCUT2D eigenvalue weighted by Gasteiger charge is 2.55. The Morgan fingerprint density at radius 2 is 1.86 bits per heavy atom. The number of methoxy groups -OCH3 is 1. The quantitative estimate of drug-likeness (QED) is 0.736. The van der Waals surface area contributed by atoms with Crippen molar-refractivity contribution in [2.75, 3.05) is 11.4 Å². The van der Waals surface area contributed by atoms with Crippen molar-refractivity contribution in [3.63, 3.8) is 0 Å². The number of carbonyl (C=O) groups excluding carboxylic acids is 1.